The van der Waals surface area contributed by atoms with Crippen molar-refractivity contribution in [2.75, 3.05) is 5.32 Å². The van der Waals surface area contributed by atoms with Gasteiger partial charge in [-0.3, -0.25) is 9.79 Å². The molecule has 0 saturated heterocycles. The van der Waals surface area contributed by atoms with E-state index in [1.54, 1.807) is 42.5 Å². The van der Waals surface area contributed by atoms with Crippen LogP contribution in [0.3, 0.4) is 0 Å². The van der Waals surface area contributed by atoms with E-state index in [2.05, 4.69) is 10.3 Å². The highest BCUT2D eigenvalue weighted by Crippen LogP contribution is 2.16. The number of carbonyl (C=O) groups excluding carboxylic acids is 1. The Kier molecular flexibility index (Phi) is 4.03. The number of halogens is 1. The summed E-state index contributed by atoms with van der Waals surface area (Å²) >= 11 is 0. The molecule has 0 aliphatic heterocycles. The maximum Gasteiger partial charge on any atom is 0.221 e. The van der Waals surface area contributed by atoms with Gasteiger partial charge in [0.2, 0.25) is 5.91 Å². The topological polar surface area (TPSA) is 41.5 Å². The second kappa shape index (κ2) is 5.91. The number of nitrogens with zero attached hydrogens (tertiary/aromatic N) is 1. The van der Waals surface area contributed by atoms with Crippen molar-refractivity contribution in [2.45, 2.75) is 6.92 Å². The molecule has 0 fully saturated rings. The summed E-state index contributed by atoms with van der Waals surface area (Å²) in [5.41, 5.74) is 1.84. The van der Waals surface area contributed by atoms with Gasteiger partial charge in [-0.1, -0.05) is 18.2 Å². The molecule has 2 aromatic rings. The SMILES string of the molecule is CC(=O)Nc1ccc(N=Cc2ccccc2F)cc1. The molecule has 19 heavy (non-hydrogen) atoms. The molecule has 2 aromatic carbocycles. The van der Waals surface area contributed by atoms with Crippen molar-refractivity contribution in [3.63, 3.8) is 0 Å². The molecule has 0 saturated carbocycles. The lowest BCUT2D eigenvalue weighted by molar-refractivity contribution is -0.114. The summed E-state index contributed by atoms with van der Waals surface area (Å²) in [7, 11) is 0. The lowest BCUT2D eigenvalue weighted by Gasteiger charge is -2.01. The van der Waals surface area contributed by atoms with Crippen LogP contribution in [-0.4, -0.2) is 12.1 Å². The number of hydrogen-bond donors (Lipinski definition) is 1. The lowest BCUT2D eigenvalue weighted by atomic mass is 10.2. The Hall–Kier alpha value is -2.49. The highest BCUT2D eigenvalue weighted by Gasteiger charge is 1.97. The molecule has 0 heterocycles. The summed E-state index contributed by atoms with van der Waals surface area (Å²) in [4.78, 5) is 15.0. The summed E-state index contributed by atoms with van der Waals surface area (Å²) in [5.74, 6) is -0.427. The van der Waals surface area contributed by atoms with Crippen LogP contribution in [0.4, 0.5) is 15.8 Å². The first-order valence-corrected chi connectivity index (χ1v) is 5.81. The fourth-order valence-electron chi connectivity index (χ4n) is 1.56. The van der Waals surface area contributed by atoms with Crippen molar-refractivity contribution in [1.29, 1.82) is 0 Å². The Labute approximate surface area is 110 Å². The fourth-order valence-corrected chi connectivity index (χ4v) is 1.56. The van der Waals surface area contributed by atoms with Crippen LogP contribution < -0.4 is 5.32 Å². The molecule has 2 rings (SSSR count). The second-order valence-corrected chi connectivity index (χ2v) is 4.01. The van der Waals surface area contributed by atoms with Crippen LogP contribution in [-0.2, 0) is 4.79 Å². The quantitative estimate of drug-likeness (QED) is 0.838. The minimum atomic E-state index is -0.305. The highest BCUT2D eigenvalue weighted by atomic mass is 19.1. The summed E-state index contributed by atoms with van der Waals surface area (Å²) in [6, 6.07) is 13.4. The van der Waals surface area contributed by atoms with Gasteiger partial charge in [0, 0.05) is 24.4 Å². The van der Waals surface area contributed by atoms with Crippen molar-refractivity contribution in [3.8, 4) is 0 Å². The van der Waals surface area contributed by atoms with Gasteiger partial charge in [-0.05, 0) is 30.3 Å². The number of benzene rings is 2. The van der Waals surface area contributed by atoms with Crippen molar-refractivity contribution in [1.82, 2.24) is 0 Å². The lowest BCUT2D eigenvalue weighted by Crippen LogP contribution is -2.04. The number of rotatable bonds is 3. The predicted molar refractivity (Wildman–Crippen MR) is 74.4 cm³/mol. The van der Waals surface area contributed by atoms with Gasteiger partial charge in [0.25, 0.3) is 0 Å². The molecule has 96 valence electrons. The Balaban J connectivity index is 2.11. The van der Waals surface area contributed by atoms with Crippen molar-refractivity contribution < 1.29 is 9.18 Å². The van der Waals surface area contributed by atoms with E-state index in [-0.39, 0.29) is 11.7 Å². The van der Waals surface area contributed by atoms with Crippen molar-refractivity contribution >= 4 is 23.5 Å². The average molecular weight is 256 g/mol. The minimum Gasteiger partial charge on any atom is -0.326 e. The highest BCUT2D eigenvalue weighted by molar-refractivity contribution is 5.89. The molecular formula is C15H13FN2O. The van der Waals surface area contributed by atoms with Crippen LogP contribution in [0.1, 0.15) is 12.5 Å². The largest absolute Gasteiger partial charge is 0.326 e. The van der Waals surface area contributed by atoms with Gasteiger partial charge >= 0.3 is 0 Å². The Morgan fingerprint density at radius 3 is 2.47 bits per heavy atom. The standard InChI is InChI=1S/C15H13FN2O/c1-11(19)18-14-8-6-13(7-9-14)17-10-12-4-2-3-5-15(12)16/h2-10H,1H3,(H,18,19). The minimum absolute atomic E-state index is 0.123. The van der Waals surface area contributed by atoms with E-state index in [0.717, 1.165) is 0 Å². The van der Waals surface area contributed by atoms with Crippen LogP contribution >= 0.6 is 0 Å². The number of hydrogen-bond acceptors (Lipinski definition) is 2. The number of aliphatic imine (C=N–C) groups is 1. The van der Waals surface area contributed by atoms with E-state index in [0.29, 0.717) is 16.9 Å². The summed E-state index contributed by atoms with van der Waals surface area (Å²) in [5, 5.41) is 2.66. The molecule has 3 nitrogen and oxygen atoms in total. The molecule has 0 aliphatic carbocycles. The maximum atomic E-state index is 13.4. The first kappa shape index (κ1) is 13.0. The van der Waals surface area contributed by atoms with Gasteiger partial charge < -0.3 is 5.32 Å². The molecule has 4 heteroatoms. The molecule has 0 radical (unpaired) electrons. The third kappa shape index (κ3) is 3.74. The molecule has 1 amide bonds. The summed E-state index contributed by atoms with van der Waals surface area (Å²) < 4.78 is 13.4. The molecule has 1 N–H and O–H groups in total. The van der Waals surface area contributed by atoms with Crippen LogP contribution in [0.15, 0.2) is 53.5 Å². The Bertz CT molecular complexity index is 606. The van der Waals surface area contributed by atoms with E-state index in [9.17, 15) is 9.18 Å². The maximum absolute atomic E-state index is 13.4. The summed E-state index contributed by atoms with van der Waals surface area (Å²) in [6.45, 7) is 1.45. The van der Waals surface area contributed by atoms with Crippen LogP contribution in [0.2, 0.25) is 0 Å². The molecule has 0 unspecified atom stereocenters. The van der Waals surface area contributed by atoms with E-state index in [1.165, 1.54) is 19.2 Å². The first-order valence-electron chi connectivity index (χ1n) is 5.81. The Morgan fingerprint density at radius 1 is 1.16 bits per heavy atom. The van der Waals surface area contributed by atoms with Gasteiger partial charge in [-0.15, -0.1) is 0 Å². The monoisotopic (exact) mass is 256 g/mol. The molecule has 0 aromatic heterocycles. The van der Waals surface area contributed by atoms with E-state index in [4.69, 9.17) is 0 Å². The van der Waals surface area contributed by atoms with E-state index < -0.39 is 0 Å². The number of anilines is 1. The molecule has 0 spiro atoms. The smallest absolute Gasteiger partial charge is 0.221 e. The van der Waals surface area contributed by atoms with Crippen LogP contribution in [0, 0.1) is 5.82 Å². The third-order valence-corrected chi connectivity index (χ3v) is 2.45. The van der Waals surface area contributed by atoms with Gasteiger partial charge in [-0.2, -0.15) is 0 Å². The van der Waals surface area contributed by atoms with E-state index in [1.807, 2.05) is 0 Å². The zero-order valence-corrected chi connectivity index (χ0v) is 10.4. The zero-order valence-electron chi connectivity index (χ0n) is 10.4. The third-order valence-electron chi connectivity index (χ3n) is 2.45. The molecule has 0 atom stereocenters. The summed E-state index contributed by atoms with van der Waals surface area (Å²) in [6.07, 6.45) is 1.47. The van der Waals surface area contributed by atoms with Gasteiger partial charge in [0.05, 0.1) is 5.69 Å². The molecule has 0 aliphatic rings. The van der Waals surface area contributed by atoms with Gasteiger partial charge in [0.1, 0.15) is 5.82 Å². The molecule has 0 bridgehead atoms. The van der Waals surface area contributed by atoms with Crippen LogP contribution in [0.5, 0.6) is 0 Å². The predicted octanol–water partition coefficient (Wildman–Crippen LogP) is 3.53. The van der Waals surface area contributed by atoms with Gasteiger partial charge in [-0.25, -0.2) is 4.39 Å². The average Bonchev–Trinajstić information content (AvgIpc) is 2.39. The van der Waals surface area contributed by atoms with Gasteiger partial charge in [0.15, 0.2) is 0 Å². The number of amides is 1. The van der Waals surface area contributed by atoms with E-state index >= 15 is 0 Å². The van der Waals surface area contributed by atoms with Crippen molar-refractivity contribution in [3.05, 3.63) is 59.9 Å². The fraction of sp³-hybridized carbons (Fsp3) is 0.0667. The van der Waals surface area contributed by atoms with Crippen molar-refractivity contribution in [2.24, 2.45) is 4.99 Å². The first-order chi connectivity index (χ1) is 9.15. The number of nitrogens with one attached hydrogen (secondary N) is 1. The Morgan fingerprint density at radius 2 is 1.84 bits per heavy atom. The second-order valence-electron chi connectivity index (χ2n) is 4.01. The normalized spacial score (nSPS) is 10.6. The molecular weight excluding hydrogens is 243 g/mol. The van der Waals surface area contributed by atoms with Crippen LogP contribution in [0.25, 0.3) is 0 Å². The zero-order chi connectivity index (χ0) is 13.7. The number of carbonyl (C=O) groups is 1.